The third kappa shape index (κ3) is 6.03. The summed E-state index contributed by atoms with van der Waals surface area (Å²) < 4.78 is 57.9. The van der Waals surface area contributed by atoms with Gasteiger partial charge in [0.15, 0.2) is 0 Å². The van der Waals surface area contributed by atoms with Crippen LogP contribution in [0.4, 0.5) is 8.78 Å². The number of aliphatic imine (C=N–C) groups is 1. The second-order valence-corrected chi connectivity index (χ2v) is 10.4. The lowest BCUT2D eigenvalue weighted by Crippen LogP contribution is -2.42. The highest BCUT2D eigenvalue weighted by Crippen LogP contribution is 2.31. The van der Waals surface area contributed by atoms with E-state index in [4.69, 9.17) is 17.3 Å². The number of hydrogen-bond acceptors (Lipinski definition) is 3. The molecule has 2 aliphatic heterocycles. The number of hydrogen-bond donors (Lipinski definition) is 1. The van der Waals surface area contributed by atoms with Crippen molar-refractivity contribution in [2.24, 2.45) is 20.2 Å². The van der Waals surface area contributed by atoms with Crippen molar-refractivity contribution >= 4 is 39.3 Å². The molecule has 0 aromatic heterocycles. The number of amidine groups is 1. The van der Waals surface area contributed by atoms with Crippen LogP contribution >= 0.6 is 11.6 Å². The minimum Gasteiger partial charge on any atom is -0.387 e. The Morgan fingerprint density at radius 3 is 2.34 bits per heavy atom. The van der Waals surface area contributed by atoms with Gasteiger partial charge in [-0.1, -0.05) is 54.1 Å². The van der Waals surface area contributed by atoms with Gasteiger partial charge in [0.05, 0.1) is 18.1 Å². The van der Waals surface area contributed by atoms with E-state index in [1.807, 2.05) is 42.5 Å². The molecule has 2 heterocycles. The largest absolute Gasteiger partial charge is 0.387 e. The molecule has 1 fully saturated rings. The lowest BCUT2D eigenvalue weighted by atomic mass is 9.91. The van der Waals surface area contributed by atoms with Crippen molar-refractivity contribution in [3.63, 3.8) is 0 Å². The van der Waals surface area contributed by atoms with E-state index in [-0.39, 0.29) is 37.3 Å². The summed E-state index contributed by atoms with van der Waals surface area (Å²) in [6.07, 6.45) is -1.12. The average Bonchev–Trinajstić information content (AvgIpc) is 3.24. The fraction of sp³-hybridized carbons (Fsp3) is 0.348. The molecular formula is C23H25ClF2N6O2S. The fourth-order valence-corrected chi connectivity index (χ4v) is 5.17. The van der Waals surface area contributed by atoms with Crippen molar-refractivity contribution in [1.82, 2.24) is 9.31 Å². The van der Waals surface area contributed by atoms with Crippen molar-refractivity contribution in [3.8, 4) is 0 Å². The number of halogens is 3. The second kappa shape index (κ2) is 10.00. The van der Waals surface area contributed by atoms with E-state index in [0.29, 0.717) is 10.7 Å². The minimum atomic E-state index is -4.29. The molecule has 2 aromatic rings. The van der Waals surface area contributed by atoms with Gasteiger partial charge >= 0.3 is 10.2 Å². The first-order valence-electron chi connectivity index (χ1n) is 11.0. The van der Waals surface area contributed by atoms with Crippen molar-refractivity contribution in [2.75, 3.05) is 19.6 Å². The highest BCUT2D eigenvalue weighted by atomic mass is 35.5. The quantitative estimate of drug-likeness (QED) is 0.486. The number of nitrogens with two attached hydrogens (primary N) is 1. The molecule has 2 N–H and O–H groups in total. The molecule has 186 valence electrons. The van der Waals surface area contributed by atoms with Crippen LogP contribution in [0.2, 0.25) is 5.02 Å². The Labute approximate surface area is 208 Å². The molecule has 4 rings (SSSR count). The van der Waals surface area contributed by atoms with Crippen molar-refractivity contribution in [3.05, 3.63) is 70.7 Å². The van der Waals surface area contributed by atoms with Gasteiger partial charge in [-0.3, -0.25) is 0 Å². The number of nitrogens with zero attached hydrogens (tertiary/aromatic N) is 5. The van der Waals surface area contributed by atoms with Gasteiger partial charge in [0, 0.05) is 36.9 Å². The first kappa shape index (κ1) is 25.2. The van der Waals surface area contributed by atoms with Gasteiger partial charge in [0.25, 0.3) is 11.9 Å². The molecule has 2 aromatic carbocycles. The van der Waals surface area contributed by atoms with Crippen LogP contribution in [0.1, 0.15) is 36.8 Å². The van der Waals surface area contributed by atoms with Gasteiger partial charge in [0.1, 0.15) is 0 Å². The fourth-order valence-electron chi connectivity index (χ4n) is 3.94. The molecule has 12 heteroatoms. The molecule has 0 radical (unpaired) electrons. The summed E-state index contributed by atoms with van der Waals surface area (Å²) in [5.41, 5.74) is 8.23. The highest BCUT2D eigenvalue weighted by Gasteiger charge is 2.39. The van der Waals surface area contributed by atoms with Crippen LogP contribution in [0.15, 0.2) is 69.1 Å². The normalized spacial score (nSPS) is 21.8. The highest BCUT2D eigenvalue weighted by molar-refractivity contribution is 7.87. The molecule has 2 aliphatic rings. The summed E-state index contributed by atoms with van der Waals surface area (Å²) in [5.74, 6) is -3.25. The summed E-state index contributed by atoms with van der Waals surface area (Å²) in [4.78, 5) is 4.13. The van der Waals surface area contributed by atoms with Crippen LogP contribution < -0.4 is 5.73 Å². The first-order chi connectivity index (χ1) is 16.5. The SMILES string of the molecule is C/C(N)=N\C(=N\S(=O)(=O)N1CCC(F)(F)CC1)N1CC(c2ccccc2)C(c2ccc(Cl)cc2)=N1. The van der Waals surface area contributed by atoms with Gasteiger partial charge in [0.2, 0.25) is 0 Å². The Kier molecular flexibility index (Phi) is 7.20. The van der Waals surface area contributed by atoms with Crippen molar-refractivity contribution in [2.45, 2.75) is 31.6 Å². The minimum absolute atomic E-state index is 0.0792. The molecule has 0 amide bonds. The van der Waals surface area contributed by atoms with Gasteiger partial charge < -0.3 is 5.73 Å². The Morgan fingerprint density at radius 2 is 1.74 bits per heavy atom. The van der Waals surface area contributed by atoms with Crippen molar-refractivity contribution < 1.29 is 17.2 Å². The van der Waals surface area contributed by atoms with E-state index < -0.39 is 29.0 Å². The number of rotatable bonds is 4. The molecule has 1 unspecified atom stereocenters. The van der Waals surface area contributed by atoms with Crippen LogP contribution in [-0.2, 0) is 10.2 Å². The maximum atomic E-state index is 13.5. The Hall–Kier alpha value is -2.89. The molecule has 35 heavy (non-hydrogen) atoms. The van der Waals surface area contributed by atoms with Gasteiger partial charge in [-0.2, -0.15) is 22.8 Å². The van der Waals surface area contributed by atoms with Gasteiger partial charge in [-0.25, -0.2) is 13.8 Å². The Balaban J connectivity index is 1.72. The molecule has 0 bridgehead atoms. The van der Waals surface area contributed by atoms with E-state index in [9.17, 15) is 17.2 Å². The average molecular weight is 523 g/mol. The third-order valence-corrected chi connectivity index (χ3v) is 7.40. The van der Waals surface area contributed by atoms with Crippen LogP contribution in [0.3, 0.4) is 0 Å². The third-order valence-electron chi connectivity index (χ3n) is 5.74. The molecule has 0 spiro atoms. The van der Waals surface area contributed by atoms with Crippen molar-refractivity contribution in [1.29, 1.82) is 0 Å². The molecule has 0 saturated carbocycles. The Morgan fingerprint density at radius 1 is 1.11 bits per heavy atom. The lowest BCUT2D eigenvalue weighted by Gasteiger charge is -2.29. The zero-order valence-corrected chi connectivity index (χ0v) is 20.6. The summed E-state index contributed by atoms with van der Waals surface area (Å²) in [7, 11) is -4.29. The lowest BCUT2D eigenvalue weighted by molar-refractivity contribution is -0.0411. The van der Waals surface area contributed by atoms with E-state index in [0.717, 1.165) is 15.4 Å². The number of benzene rings is 2. The number of guanidine groups is 1. The number of alkyl halides is 2. The van der Waals surface area contributed by atoms with Crippen LogP contribution in [-0.4, -0.2) is 60.8 Å². The topological polar surface area (TPSA) is 104 Å². The maximum Gasteiger partial charge on any atom is 0.325 e. The Bertz CT molecular complexity index is 1250. The van der Waals surface area contributed by atoms with E-state index in [1.54, 1.807) is 12.1 Å². The smallest absolute Gasteiger partial charge is 0.325 e. The second-order valence-electron chi connectivity index (χ2n) is 8.41. The standard InChI is InChI=1S/C23H25ClF2N6O2S/c1-16(27)28-22(30-35(33,34)31-13-11-23(25,26)12-14-31)32-15-20(17-5-3-2-4-6-17)21(29-32)18-7-9-19(24)10-8-18/h2-10,20H,11-15H2,1H3,(H2,27,28,30). The zero-order valence-electron chi connectivity index (χ0n) is 19.0. The number of piperidine rings is 1. The van der Waals surface area contributed by atoms with E-state index >= 15 is 0 Å². The first-order valence-corrected chi connectivity index (χ1v) is 12.8. The predicted octanol–water partition coefficient (Wildman–Crippen LogP) is 3.85. The maximum absolute atomic E-state index is 13.5. The van der Waals surface area contributed by atoms with Gasteiger partial charge in [-0.05, 0) is 30.2 Å². The summed E-state index contributed by atoms with van der Waals surface area (Å²) in [5, 5.41) is 6.62. The predicted molar refractivity (Wildman–Crippen MR) is 133 cm³/mol. The molecule has 1 saturated heterocycles. The number of hydrazone groups is 1. The van der Waals surface area contributed by atoms with Crippen LogP contribution in [0.25, 0.3) is 0 Å². The molecular weight excluding hydrogens is 498 g/mol. The van der Waals surface area contributed by atoms with Crippen LogP contribution in [0, 0.1) is 0 Å². The van der Waals surface area contributed by atoms with E-state index in [2.05, 4.69) is 14.5 Å². The molecule has 0 aliphatic carbocycles. The zero-order chi connectivity index (χ0) is 25.2. The van der Waals surface area contributed by atoms with Gasteiger partial charge in [-0.15, -0.1) is 4.40 Å². The summed E-state index contributed by atoms with van der Waals surface area (Å²) in [6, 6.07) is 16.8. The summed E-state index contributed by atoms with van der Waals surface area (Å²) >= 11 is 6.05. The summed E-state index contributed by atoms with van der Waals surface area (Å²) in [6.45, 7) is 1.09. The molecule has 1 atom stereocenters. The monoisotopic (exact) mass is 522 g/mol. The van der Waals surface area contributed by atoms with Crippen LogP contribution in [0.5, 0.6) is 0 Å². The van der Waals surface area contributed by atoms with E-state index in [1.165, 1.54) is 11.9 Å². The molecule has 8 nitrogen and oxygen atoms in total.